The van der Waals surface area contributed by atoms with Crippen molar-refractivity contribution in [1.82, 2.24) is 14.9 Å². The van der Waals surface area contributed by atoms with E-state index < -0.39 is 6.61 Å². The number of hydrogen-bond acceptors (Lipinski definition) is 5. The number of ether oxygens (including phenoxy) is 1. The predicted octanol–water partition coefficient (Wildman–Crippen LogP) is 4.32. The van der Waals surface area contributed by atoms with Gasteiger partial charge in [-0.1, -0.05) is 39.8 Å². The average Bonchev–Trinajstić information content (AvgIpc) is 2.95. The number of nitrogens with two attached hydrogens (primary N) is 1. The van der Waals surface area contributed by atoms with Crippen LogP contribution in [-0.4, -0.2) is 21.5 Å². The van der Waals surface area contributed by atoms with Gasteiger partial charge in [-0.3, -0.25) is 0 Å². The highest BCUT2D eigenvalue weighted by Gasteiger charge is 2.13. The minimum Gasteiger partial charge on any atom is -0.435 e. The van der Waals surface area contributed by atoms with E-state index in [0.717, 1.165) is 10.0 Å². The monoisotopic (exact) mass is 426 g/mol. The molecule has 0 aliphatic rings. The number of rotatable bonds is 6. The van der Waals surface area contributed by atoms with Crippen LogP contribution in [0.1, 0.15) is 5.56 Å². The maximum Gasteiger partial charge on any atom is 0.387 e. The van der Waals surface area contributed by atoms with Gasteiger partial charge < -0.3 is 10.6 Å². The molecule has 2 N–H and O–H groups in total. The smallest absolute Gasteiger partial charge is 0.387 e. The molecular weight excluding hydrogens is 414 g/mol. The van der Waals surface area contributed by atoms with E-state index in [1.807, 2.05) is 24.3 Å². The van der Waals surface area contributed by atoms with Crippen LogP contribution in [0.5, 0.6) is 5.75 Å². The van der Waals surface area contributed by atoms with Gasteiger partial charge in [0.25, 0.3) is 0 Å². The Kier molecular flexibility index (Phi) is 5.54. The van der Waals surface area contributed by atoms with Crippen LogP contribution in [0.15, 0.2) is 58.2 Å². The first kappa shape index (κ1) is 17.7. The maximum atomic E-state index is 12.2. The number of aromatic nitrogens is 3. The van der Waals surface area contributed by atoms with Crippen molar-refractivity contribution >= 4 is 27.7 Å². The predicted molar refractivity (Wildman–Crippen MR) is 95.9 cm³/mol. The first-order valence-corrected chi connectivity index (χ1v) is 8.94. The number of thioether (sulfide) groups is 1. The zero-order valence-corrected chi connectivity index (χ0v) is 15.2. The topological polar surface area (TPSA) is 66.0 Å². The van der Waals surface area contributed by atoms with E-state index in [2.05, 4.69) is 30.9 Å². The van der Waals surface area contributed by atoms with Crippen molar-refractivity contribution in [3.05, 3.63) is 58.6 Å². The summed E-state index contributed by atoms with van der Waals surface area (Å²) in [5.41, 5.74) is 1.79. The molecule has 0 unspecified atom stereocenters. The van der Waals surface area contributed by atoms with Crippen LogP contribution in [0, 0.1) is 0 Å². The largest absolute Gasteiger partial charge is 0.435 e. The summed E-state index contributed by atoms with van der Waals surface area (Å²) in [7, 11) is 0. The minimum absolute atomic E-state index is 0.0756. The molecule has 0 radical (unpaired) electrons. The summed E-state index contributed by atoms with van der Waals surface area (Å²) in [5.74, 6) is 7.27. The van der Waals surface area contributed by atoms with Gasteiger partial charge in [-0.2, -0.15) is 8.78 Å². The van der Waals surface area contributed by atoms with Gasteiger partial charge in [-0.15, -0.1) is 10.2 Å². The second kappa shape index (κ2) is 7.83. The van der Waals surface area contributed by atoms with E-state index in [9.17, 15) is 8.78 Å². The van der Waals surface area contributed by atoms with Crippen LogP contribution in [0.25, 0.3) is 11.4 Å². The Labute approximate surface area is 155 Å². The van der Waals surface area contributed by atoms with Gasteiger partial charge in [-0.05, 0) is 42.0 Å². The number of alkyl halides is 2. The second-order valence-corrected chi connectivity index (χ2v) is 6.85. The number of hydrogen-bond donors (Lipinski definition) is 1. The summed E-state index contributed by atoms with van der Waals surface area (Å²) in [6, 6.07) is 14.0. The minimum atomic E-state index is -2.86. The van der Waals surface area contributed by atoms with E-state index in [1.54, 1.807) is 12.1 Å². The van der Waals surface area contributed by atoms with Crippen molar-refractivity contribution in [3.8, 4) is 17.1 Å². The molecule has 3 rings (SSSR count). The molecule has 0 atom stereocenters. The third kappa shape index (κ3) is 4.49. The van der Waals surface area contributed by atoms with Gasteiger partial charge in [0.05, 0.1) is 0 Å². The van der Waals surface area contributed by atoms with Crippen LogP contribution in [0.3, 0.4) is 0 Å². The fourth-order valence-corrected chi connectivity index (χ4v) is 3.16. The highest BCUT2D eigenvalue weighted by Crippen LogP contribution is 2.26. The Balaban J connectivity index is 1.71. The van der Waals surface area contributed by atoms with Crippen molar-refractivity contribution in [1.29, 1.82) is 0 Å². The Morgan fingerprint density at radius 3 is 2.40 bits per heavy atom. The zero-order chi connectivity index (χ0) is 17.8. The van der Waals surface area contributed by atoms with Gasteiger partial charge >= 0.3 is 6.61 Å². The molecule has 0 fully saturated rings. The number of nitrogens with zero attached hydrogens (tertiary/aromatic N) is 3. The van der Waals surface area contributed by atoms with Gasteiger partial charge in [-0.25, -0.2) is 4.68 Å². The van der Waals surface area contributed by atoms with E-state index in [-0.39, 0.29) is 5.75 Å². The molecule has 1 heterocycles. The lowest BCUT2D eigenvalue weighted by Gasteiger charge is -2.06. The molecular formula is C16H13BrF2N4OS. The van der Waals surface area contributed by atoms with Crippen LogP contribution < -0.4 is 10.6 Å². The van der Waals surface area contributed by atoms with Crippen LogP contribution in [0.2, 0.25) is 0 Å². The number of halogens is 3. The van der Waals surface area contributed by atoms with Crippen molar-refractivity contribution in [2.24, 2.45) is 0 Å². The molecule has 0 saturated heterocycles. The molecule has 130 valence electrons. The second-order valence-electron chi connectivity index (χ2n) is 4.99. The van der Waals surface area contributed by atoms with Crippen LogP contribution >= 0.6 is 27.7 Å². The third-order valence-electron chi connectivity index (χ3n) is 3.28. The molecule has 3 aromatic rings. The first-order valence-electron chi connectivity index (χ1n) is 7.16. The van der Waals surface area contributed by atoms with Crippen molar-refractivity contribution < 1.29 is 13.5 Å². The van der Waals surface area contributed by atoms with E-state index in [0.29, 0.717) is 22.3 Å². The van der Waals surface area contributed by atoms with Crippen molar-refractivity contribution in [2.45, 2.75) is 17.5 Å². The number of nitrogen functional groups attached to an aromatic ring is 1. The Morgan fingerprint density at radius 1 is 1.08 bits per heavy atom. The highest BCUT2D eigenvalue weighted by molar-refractivity contribution is 9.10. The maximum absolute atomic E-state index is 12.2. The van der Waals surface area contributed by atoms with Crippen LogP contribution in [0.4, 0.5) is 8.78 Å². The Morgan fingerprint density at radius 2 is 1.76 bits per heavy atom. The summed E-state index contributed by atoms with van der Waals surface area (Å²) in [5, 5.41) is 8.72. The molecule has 0 bridgehead atoms. The lowest BCUT2D eigenvalue weighted by atomic mass is 10.2. The Bertz CT molecular complexity index is 840. The average molecular weight is 427 g/mol. The van der Waals surface area contributed by atoms with Crippen molar-refractivity contribution in [3.63, 3.8) is 0 Å². The van der Waals surface area contributed by atoms with Gasteiger partial charge in [0.15, 0.2) is 5.82 Å². The summed E-state index contributed by atoms with van der Waals surface area (Å²) < 4.78 is 31.1. The van der Waals surface area contributed by atoms with Crippen LogP contribution in [-0.2, 0) is 5.75 Å². The van der Waals surface area contributed by atoms with Gasteiger partial charge in [0, 0.05) is 15.8 Å². The molecule has 5 nitrogen and oxygen atoms in total. The summed E-state index contributed by atoms with van der Waals surface area (Å²) >= 11 is 4.85. The van der Waals surface area contributed by atoms with E-state index in [1.165, 1.54) is 28.6 Å². The normalized spacial score (nSPS) is 11.0. The number of benzene rings is 2. The molecule has 0 spiro atoms. The summed E-state index contributed by atoms with van der Waals surface area (Å²) in [4.78, 5) is 0. The van der Waals surface area contributed by atoms with Gasteiger partial charge in [0.2, 0.25) is 5.16 Å². The lowest BCUT2D eigenvalue weighted by Crippen LogP contribution is -2.11. The molecule has 0 saturated carbocycles. The highest BCUT2D eigenvalue weighted by atomic mass is 79.9. The van der Waals surface area contributed by atoms with E-state index in [4.69, 9.17) is 5.84 Å². The molecule has 0 amide bonds. The molecule has 25 heavy (non-hydrogen) atoms. The first-order chi connectivity index (χ1) is 12.0. The third-order valence-corrected chi connectivity index (χ3v) is 4.83. The Hall–Kier alpha value is -2.13. The fourth-order valence-electron chi connectivity index (χ4n) is 2.09. The van der Waals surface area contributed by atoms with E-state index >= 15 is 0 Å². The standard InChI is InChI=1S/C16H13BrF2N4OS/c17-12-5-1-10(2-6-12)9-25-16-22-21-14(23(16)20)11-3-7-13(8-4-11)24-15(18)19/h1-8,15H,9,20H2. The SMILES string of the molecule is Nn1c(SCc2ccc(Br)cc2)nnc1-c1ccc(OC(F)F)cc1. The van der Waals surface area contributed by atoms with Crippen molar-refractivity contribution in [2.75, 3.05) is 5.84 Å². The molecule has 1 aromatic heterocycles. The molecule has 2 aromatic carbocycles. The summed E-state index contributed by atoms with van der Waals surface area (Å²) in [6.45, 7) is -2.86. The molecule has 0 aliphatic carbocycles. The quantitative estimate of drug-likeness (QED) is 0.469. The zero-order valence-electron chi connectivity index (χ0n) is 12.8. The summed E-state index contributed by atoms with van der Waals surface area (Å²) in [6.07, 6.45) is 0. The van der Waals surface area contributed by atoms with Gasteiger partial charge in [0.1, 0.15) is 5.75 Å². The lowest BCUT2D eigenvalue weighted by molar-refractivity contribution is -0.0498. The molecule has 9 heteroatoms. The fraction of sp³-hybridized carbons (Fsp3) is 0.125. The molecule has 0 aliphatic heterocycles.